The van der Waals surface area contributed by atoms with Crippen LogP contribution in [0, 0.1) is 5.92 Å². The van der Waals surface area contributed by atoms with Crippen LogP contribution in [0.3, 0.4) is 0 Å². The van der Waals surface area contributed by atoms with Crippen LogP contribution in [0.4, 0.5) is 18.9 Å². The number of ether oxygens (including phenoxy) is 1. The van der Waals surface area contributed by atoms with Crippen LogP contribution in [0.5, 0.6) is 0 Å². The molecule has 0 aromatic heterocycles. The second kappa shape index (κ2) is 7.72. The van der Waals surface area contributed by atoms with Gasteiger partial charge >= 0.3 is 6.18 Å². The van der Waals surface area contributed by atoms with Crippen LogP contribution in [-0.4, -0.2) is 18.8 Å². The van der Waals surface area contributed by atoms with Crippen molar-refractivity contribution < 1.29 is 22.7 Å². The Hall–Kier alpha value is -2.63. The van der Waals surface area contributed by atoms with Gasteiger partial charge in [0.25, 0.3) is 6.47 Å². The van der Waals surface area contributed by atoms with Crippen LogP contribution >= 0.6 is 0 Å². The first-order chi connectivity index (χ1) is 12.5. The fourth-order valence-electron chi connectivity index (χ4n) is 3.18. The van der Waals surface area contributed by atoms with Gasteiger partial charge in [0.2, 0.25) is 0 Å². The zero-order valence-corrected chi connectivity index (χ0v) is 13.9. The van der Waals surface area contributed by atoms with Crippen molar-refractivity contribution in [3.05, 3.63) is 65.2 Å². The summed E-state index contributed by atoms with van der Waals surface area (Å²) in [5.41, 5.74) is 1.49. The number of fused-ring (bicyclic) bond motifs is 1. The molecule has 3 rings (SSSR count). The Morgan fingerprint density at radius 1 is 1.19 bits per heavy atom. The molecule has 1 heterocycles. The summed E-state index contributed by atoms with van der Waals surface area (Å²) in [5.74, 6) is 0.00731. The van der Waals surface area contributed by atoms with E-state index in [0.717, 1.165) is 23.3 Å². The van der Waals surface area contributed by atoms with Crippen molar-refractivity contribution in [3.8, 4) is 0 Å². The quantitative estimate of drug-likeness (QED) is 0.696. The van der Waals surface area contributed by atoms with E-state index in [2.05, 4.69) is 4.99 Å². The second-order valence-electron chi connectivity index (χ2n) is 6.36. The zero-order chi connectivity index (χ0) is 18.6. The maximum absolute atomic E-state index is 12.8. The molecule has 0 saturated heterocycles. The summed E-state index contributed by atoms with van der Waals surface area (Å²) in [4.78, 5) is 15.0. The van der Waals surface area contributed by atoms with Gasteiger partial charge in [0.1, 0.15) is 6.10 Å². The van der Waals surface area contributed by atoms with E-state index in [9.17, 15) is 18.0 Å². The molecule has 0 fully saturated rings. The van der Waals surface area contributed by atoms with Gasteiger partial charge in [-0.3, -0.25) is 9.79 Å². The van der Waals surface area contributed by atoms with E-state index in [4.69, 9.17) is 4.74 Å². The van der Waals surface area contributed by atoms with E-state index in [1.54, 1.807) is 6.21 Å². The number of hydrogen-bond donors (Lipinski definition) is 0. The van der Waals surface area contributed by atoms with E-state index in [1.165, 1.54) is 6.07 Å². The molecule has 0 aliphatic carbocycles. The number of halogens is 3. The monoisotopic (exact) mass is 361 g/mol. The zero-order valence-electron chi connectivity index (χ0n) is 13.9. The molecule has 2 unspecified atom stereocenters. The number of nitrogens with zero attached hydrogens (tertiary/aromatic N) is 1. The Labute approximate surface area is 149 Å². The van der Waals surface area contributed by atoms with Gasteiger partial charge in [-0.25, -0.2) is 0 Å². The second-order valence-corrected chi connectivity index (χ2v) is 6.36. The van der Waals surface area contributed by atoms with Crippen LogP contribution in [-0.2, 0) is 28.5 Å². The molecule has 0 spiro atoms. The molecule has 0 amide bonds. The predicted molar refractivity (Wildman–Crippen MR) is 92.5 cm³/mol. The molecule has 0 bridgehead atoms. The van der Waals surface area contributed by atoms with Crippen molar-refractivity contribution >= 4 is 18.4 Å². The van der Waals surface area contributed by atoms with Crippen LogP contribution in [0.15, 0.2) is 53.5 Å². The van der Waals surface area contributed by atoms with Gasteiger partial charge in [0, 0.05) is 18.6 Å². The van der Waals surface area contributed by atoms with Crippen LogP contribution < -0.4 is 0 Å². The van der Waals surface area contributed by atoms with E-state index < -0.39 is 11.7 Å². The van der Waals surface area contributed by atoms with Crippen LogP contribution in [0.1, 0.15) is 23.1 Å². The van der Waals surface area contributed by atoms with Crippen LogP contribution in [0.25, 0.3) is 0 Å². The normalized spacial score (nSPS) is 17.4. The highest BCUT2D eigenvalue weighted by Crippen LogP contribution is 2.36. The number of aliphatic imine (C=N–C) groups is 1. The van der Waals surface area contributed by atoms with Gasteiger partial charge in [-0.1, -0.05) is 36.4 Å². The Balaban J connectivity index is 1.69. The maximum atomic E-state index is 12.8. The molecule has 3 nitrogen and oxygen atoms in total. The Kier molecular flexibility index (Phi) is 5.40. The third-order valence-electron chi connectivity index (χ3n) is 4.44. The molecule has 0 saturated carbocycles. The minimum Gasteiger partial charge on any atom is -0.464 e. The lowest BCUT2D eigenvalue weighted by atomic mass is 9.89. The number of benzene rings is 2. The molecule has 2 atom stereocenters. The minimum absolute atomic E-state index is 0.00731. The molecular weight excluding hydrogens is 343 g/mol. The first-order valence-electron chi connectivity index (χ1n) is 8.33. The number of alkyl halides is 3. The highest BCUT2D eigenvalue weighted by atomic mass is 19.4. The summed E-state index contributed by atoms with van der Waals surface area (Å²) in [7, 11) is 0. The molecule has 2 aromatic carbocycles. The summed E-state index contributed by atoms with van der Waals surface area (Å²) < 4.78 is 43.6. The maximum Gasteiger partial charge on any atom is 0.416 e. The summed E-state index contributed by atoms with van der Waals surface area (Å²) in [6.45, 7) is 0.442. The highest BCUT2D eigenvalue weighted by Gasteiger charge is 2.31. The van der Waals surface area contributed by atoms with Gasteiger partial charge in [-0.15, -0.1) is 0 Å². The van der Waals surface area contributed by atoms with E-state index in [-0.39, 0.29) is 12.0 Å². The number of carbonyl (C=O) groups is 1. The smallest absolute Gasteiger partial charge is 0.416 e. The summed E-state index contributed by atoms with van der Waals surface area (Å²) >= 11 is 0. The molecule has 136 valence electrons. The first kappa shape index (κ1) is 18.2. The lowest BCUT2D eigenvalue weighted by Gasteiger charge is -2.23. The third-order valence-corrected chi connectivity index (χ3v) is 4.44. The van der Waals surface area contributed by atoms with Gasteiger partial charge in [-0.2, -0.15) is 13.2 Å². The minimum atomic E-state index is -4.38. The Morgan fingerprint density at radius 2 is 1.96 bits per heavy atom. The standard InChI is InChI=1S/C20H18F3NO2/c21-20(22,23)17-7-6-16-8-15(12-24-19(16)11-17)10-18(26-13-25)9-14-4-2-1-3-5-14/h1-7,11-13,15,18H,8-10H2. The molecule has 6 heteroatoms. The number of rotatable bonds is 6. The Morgan fingerprint density at radius 3 is 2.65 bits per heavy atom. The molecular formula is C20H18F3NO2. The number of carbonyl (C=O) groups excluding carboxylic acids is 1. The van der Waals surface area contributed by atoms with E-state index >= 15 is 0 Å². The predicted octanol–water partition coefficient (Wildman–Crippen LogP) is 4.75. The topological polar surface area (TPSA) is 38.7 Å². The molecule has 1 aliphatic rings. The first-order valence-corrected chi connectivity index (χ1v) is 8.33. The summed E-state index contributed by atoms with van der Waals surface area (Å²) in [5, 5.41) is 0. The Bertz CT molecular complexity index is 787. The summed E-state index contributed by atoms with van der Waals surface area (Å²) in [6.07, 6.45) is -1.29. The lowest BCUT2D eigenvalue weighted by molar-refractivity contribution is -0.137. The van der Waals surface area contributed by atoms with Gasteiger partial charge in [0.15, 0.2) is 0 Å². The third kappa shape index (κ3) is 4.50. The molecule has 1 aliphatic heterocycles. The largest absolute Gasteiger partial charge is 0.464 e. The van der Waals surface area contributed by atoms with Crippen LogP contribution in [0.2, 0.25) is 0 Å². The fraction of sp³-hybridized carbons (Fsp3) is 0.300. The molecule has 2 aromatic rings. The van der Waals surface area contributed by atoms with E-state index in [1.807, 2.05) is 30.3 Å². The summed E-state index contributed by atoms with van der Waals surface area (Å²) in [6, 6.07) is 13.3. The van der Waals surface area contributed by atoms with Gasteiger partial charge in [0.05, 0.1) is 11.3 Å². The van der Waals surface area contributed by atoms with Gasteiger partial charge in [-0.05, 0) is 36.1 Å². The lowest BCUT2D eigenvalue weighted by Crippen LogP contribution is -2.23. The molecule has 0 N–H and O–H groups in total. The average Bonchev–Trinajstić information content (AvgIpc) is 2.61. The molecule has 0 radical (unpaired) electrons. The van der Waals surface area contributed by atoms with Crippen molar-refractivity contribution in [2.75, 3.05) is 0 Å². The van der Waals surface area contributed by atoms with Crippen molar-refractivity contribution in [3.63, 3.8) is 0 Å². The van der Waals surface area contributed by atoms with Gasteiger partial charge < -0.3 is 4.74 Å². The van der Waals surface area contributed by atoms with Crippen molar-refractivity contribution in [1.82, 2.24) is 0 Å². The average molecular weight is 361 g/mol. The molecule has 26 heavy (non-hydrogen) atoms. The highest BCUT2D eigenvalue weighted by molar-refractivity contribution is 5.71. The van der Waals surface area contributed by atoms with Crippen molar-refractivity contribution in [2.45, 2.75) is 31.5 Å². The number of hydrogen-bond acceptors (Lipinski definition) is 3. The van der Waals surface area contributed by atoms with E-state index in [0.29, 0.717) is 31.4 Å². The SMILES string of the molecule is O=COC(Cc1ccccc1)CC1C=Nc2cc(C(F)(F)F)ccc2C1. The fourth-order valence-corrected chi connectivity index (χ4v) is 3.18. The van der Waals surface area contributed by atoms with Crippen molar-refractivity contribution in [2.24, 2.45) is 10.9 Å². The van der Waals surface area contributed by atoms with Crippen molar-refractivity contribution in [1.29, 1.82) is 0 Å².